The number of unbranched alkanes of at least 4 members (excludes halogenated alkanes) is 1. The molecule has 1 aliphatic rings. The molecule has 0 saturated carbocycles. The zero-order chi connectivity index (χ0) is 41.5. The first-order valence-electron chi connectivity index (χ1n) is 18.8. The number of primary amides is 1. The fourth-order valence-electron chi connectivity index (χ4n) is 6.41. The van der Waals surface area contributed by atoms with Crippen molar-refractivity contribution in [2.45, 2.75) is 88.7 Å². The summed E-state index contributed by atoms with van der Waals surface area (Å²) in [5.41, 5.74) is 13.6. The van der Waals surface area contributed by atoms with Crippen molar-refractivity contribution in [3.8, 4) is 0 Å². The lowest BCUT2D eigenvalue weighted by molar-refractivity contribution is -0.136. The number of aromatic amines is 1. The summed E-state index contributed by atoms with van der Waals surface area (Å²) in [7, 11) is 2.20. The molecule has 11 N–H and O–H groups in total. The quantitative estimate of drug-likeness (QED) is 0.0942. The van der Waals surface area contributed by atoms with Crippen molar-refractivity contribution in [3.63, 3.8) is 0 Å². The predicted octanol–water partition coefficient (Wildman–Crippen LogP) is 0.363. The largest absolute Gasteiger partial charge is 0.391 e. The van der Waals surface area contributed by atoms with Gasteiger partial charge < -0.3 is 48.1 Å². The molecule has 2 heterocycles. The number of Topliss-reactive ketones (excluding diaryl/α,β-unsaturated/α-hetero) is 1. The van der Waals surface area contributed by atoms with Gasteiger partial charge >= 0.3 is 0 Å². The Labute approximate surface area is 338 Å². The van der Waals surface area contributed by atoms with Gasteiger partial charge in [-0.2, -0.15) is 0 Å². The van der Waals surface area contributed by atoms with E-state index < -0.39 is 83.5 Å². The van der Waals surface area contributed by atoms with Crippen LogP contribution in [0.25, 0.3) is 10.9 Å². The number of amides is 6. The number of carbonyl (C=O) groups excluding carboxylic acids is 7. The third kappa shape index (κ3) is 13.6. The Bertz CT molecular complexity index is 1880. The van der Waals surface area contributed by atoms with Crippen molar-refractivity contribution in [1.82, 2.24) is 31.6 Å². The maximum Gasteiger partial charge on any atom is 0.245 e. The van der Waals surface area contributed by atoms with Gasteiger partial charge in [0.25, 0.3) is 0 Å². The number of benzene rings is 2. The molecular formula is C39H52N8O8S2. The van der Waals surface area contributed by atoms with E-state index in [1.54, 1.807) is 30.5 Å². The Hall–Kier alpha value is -4.91. The van der Waals surface area contributed by atoms with Gasteiger partial charge in [-0.15, -0.1) is 0 Å². The van der Waals surface area contributed by atoms with Gasteiger partial charge in [-0.3, -0.25) is 33.6 Å². The second-order valence-electron chi connectivity index (χ2n) is 14.0. The van der Waals surface area contributed by atoms with Crippen molar-refractivity contribution in [2.75, 3.05) is 18.1 Å². The topological polar surface area (TPSA) is 268 Å². The van der Waals surface area contributed by atoms with Crippen LogP contribution in [0.1, 0.15) is 50.7 Å². The number of nitrogens with one attached hydrogen (secondary N) is 6. The number of aliphatic hydroxyl groups excluding tert-OH is 1. The molecule has 6 amide bonds. The highest BCUT2D eigenvalue weighted by Crippen LogP contribution is 2.24. The third-order valence-corrected chi connectivity index (χ3v) is 11.9. The number of nitrogens with two attached hydrogens (primary N) is 2. The van der Waals surface area contributed by atoms with E-state index in [0.29, 0.717) is 19.4 Å². The van der Waals surface area contributed by atoms with Crippen LogP contribution in [0.5, 0.6) is 0 Å². The molecule has 4 rings (SSSR count). The molecule has 308 valence electrons. The summed E-state index contributed by atoms with van der Waals surface area (Å²) in [6.45, 7) is 2.88. The van der Waals surface area contributed by atoms with Gasteiger partial charge in [-0.25, -0.2) is 0 Å². The van der Waals surface area contributed by atoms with E-state index in [0.717, 1.165) is 43.6 Å². The first kappa shape index (κ1) is 44.8. The van der Waals surface area contributed by atoms with Crippen molar-refractivity contribution >= 4 is 73.7 Å². The highest BCUT2D eigenvalue weighted by atomic mass is 33.1. The van der Waals surface area contributed by atoms with E-state index >= 15 is 0 Å². The van der Waals surface area contributed by atoms with E-state index in [4.69, 9.17) is 11.5 Å². The van der Waals surface area contributed by atoms with Crippen LogP contribution in [0.4, 0.5) is 0 Å². The minimum atomic E-state index is -1.51. The smallest absolute Gasteiger partial charge is 0.245 e. The van der Waals surface area contributed by atoms with E-state index in [2.05, 4.69) is 31.6 Å². The summed E-state index contributed by atoms with van der Waals surface area (Å²) in [4.78, 5) is 97.7. The number of fused-ring (bicyclic) bond motifs is 1. The molecule has 2 aromatic carbocycles. The Balaban J connectivity index is 1.77. The minimum Gasteiger partial charge on any atom is -0.391 e. The van der Waals surface area contributed by atoms with Crippen molar-refractivity contribution in [1.29, 1.82) is 0 Å². The molecule has 57 heavy (non-hydrogen) atoms. The molecule has 1 fully saturated rings. The average Bonchev–Trinajstić information content (AvgIpc) is 3.58. The number of rotatable bonds is 11. The number of hydrogen-bond acceptors (Lipinski definition) is 11. The Morgan fingerprint density at radius 1 is 0.842 bits per heavy atom. The highest BCUT2D eigenvalue weighted by Gasteiger charge is 2.35. The average molecular weight is 825 g/mol. The number of carbonyl (C=O) groups is 7. The summed E-state index contributed by atoms with van der Waals surface area (Å²) < 4.78 is 0. The molecular weight excluding hydrogens is 773 g/mol. The van der Waals surface area contributed by atoms with Crippen LogP contribution in [0.3, 0.4) is 0 Å². The van der Waals surface area contributed by atoms with Crippen LogP contribution in [0, 0.1) is 5.92 Å². The van der Waals surface area contributed by atoms with E-state index in [1.165, 1.54) is 13.8 Å². The fraction of sp³-hybridized carbons (Fsp3) is 0.462. The van der Waals surface area contributed by atoms with Crippen LogP contribution in [-0.4, -0.2) is 106 Å². The molecule has 3 aromatic rings. The molecule has 0 aliphatic carbocycles. The molecule has 7 atom stereocenters. The summed E-state index contributed by atoms with van der Waals surface area (Å²) in [5, 5.41) is 24.8. The Morgan fingerprint density at radius 3 is 2.21 bits per heavy atom. The monoisotopic (exact) mass is 824 g/mol. The predicted molar refractivity (Wildman–Crippen MR) is 219 cm³/mol. The number of H-pyrrole nitrogens is 1. The van der Waals surface area contributed by atoms with E-state index in [9.17, 15) is 38.7 Å². The van der Waals surface area contributed by atoms with E-state index in [1.807, 2.05) is 30.3 Å². The SMILES string of the molecule is CC(=O)N[C@H]1CSSC[C@@H](C(N)=O)NC(=O)[C@H]([C@@H](C)O)NC(=O)[C@H](CCCCN)CC(=O)[C@@H](Cc2c[nH]c3ccccc23)NC(=O)[C@H](Cc2ccccc2)NC1=O. The maximum atomic E-state index is 14.4. The molecule has 0 unspecified atom stereocenters. The van der Waals surface area contributed by atoms with Gasteiger partial charge in [-0.1, -0.05) is 76.5 Å². The lowest BCUT2D eigenvalue weighted by atomic mass is 9.90. The highest BCUT2D eigenvalue weighted by molar-refractivity contribution is 8.76. The molecule has 0 bridgehead atoms. The maximum absolute atomic E-state index is 14.4. The van der Waals surface area contributed by atoms with Crippen LogP contribution >= 0.6 is 21.6 Å². The molecule has 1 aromatic heterocycles. The number of ketones is 1. The number of aliphatic hydroxyl groups is 1. The lowest BCUT2D eigenvalue weighted by Gasteiger charge is -2.28. The van der Waals surface area contributed by atoms with Gasteiger partial charge in [0.2, 0.25) is 35.4 Å². The van der Waals surface area contributed by atoms with Gasteiger partial charge in [0.15, 0.2) is 5.78 Å². The Kier molecular flexibility index (Phi) is 17.4. The summed E-state index contributed by atoms with van der Waals surface area (Å²) >= 11 is 0. The minimum absolute atomic E-state index is 0.00520. The van der Waals surface area contributed by atoms with E-state index in [-0.39, 0.29) is 37.2 Å². The zero-order valence-electron chi connectivity index (χ0n) is 32.0. The second-order valence-corrected chi connectivity index (χ2v) is 16.6. The molecule has 0 spiro atoms. The Morgan fingerprint density at radius 2 is 1.53 bits per heavy atom. The van der Waals surface area contributed by atoms with Crippen LogP contribution < -0.4 is 38.1 Å². The molecule has 16 nitrogen and oxygen atoms in total. The fourth-order valence-corrected chi connectivity index (χ4v) is 8.75. The summed E-state index contributed by atoms with van der Waals surface area (Å²) in [5.74, 6) is -5.83. The summed E-state index contributed by atoms with van der Waals surface area (Å²) in [6, 6.07) is 10.2. The van der Waals surface area contributed by atoms with Crippen LogP contribution in [0.2, 0.25) is 0 Å². The third-order valence-electron chi connectivity index (χ3n) is 9.51. The molecule has 1 aliphatic heterocycles. The van der Waals surface area contributed by atoms with Crippen LogP contribution in [-0.2, 0) is 46.4 Å². The van der Waals surface area contributed by atoms with Crippen molar-refractivity contribution < 1.29 is 38.7 Å². The van der Waals surface area contributed by atoms with Crippen LogP contribution in [0.15, 0.2) is 60.8 Å². The van der Waals surface area contributed by atoms with Crippen molar-refractivity contribution in [2.24, 2.45) is 17.4 Å². The lowest BCUT2D eigenvalue weighted by Crippen LogP contribution is -2.58. The van der Waals surface area contributed by atoms with Crippen molar-refractivity contribution in [3.05, 3.63) is 71.9 Å². The number of aromatic nitrogens is 1. The van der Waals surface area contributed by atoms with Gasteiger partial charge in [-0.05, 0) is 43.5 Å². The number of para-hydroxylation sites is 1. The van der Waals surface area contributed by atoms with Gasteiger partial charge in [0.1, 0.15) is 24.2 Å². The standard InChI is InChI=1S/C39H52N8O8S2/c1-22(48)34-39(55)46-31(35(41)51)20-56-57-21-32(43-23(2)49)38(54)45-30(16-24-10-4-3-5-11-24)37(53)44-29(17-26-19-42-28-14-7-6-13-27(26)28)33(50)18-25(36(52)47-34)12-8-9-15-40/h3-7,10-11,13-14,19,22,25,29-32,34,42,48H,8-9,12,15-18,20-21,40H2,1-2H3,(H2,41,51)(H,43,49)(H,44,53)(H,45,54)(H,46,55)(H,47,52)/t22-,25-,29-,30+,31+,32+,34+/m1/s1. The summed E-state index contributed by atoms with van der Waals surface area (Å²) in [6.07, 6.45) is 1.28. The second kappa shape index (κ2) is 22.1. The van der Waals surface area contributed by atoms with Gasteiger partial charge in [0, 0.05) is 60.7 Å². The van der Waals surface area contributed by atoms with Gasteiger partial charge in [0.05, 0.1) is 12.1 Å². The zero-order valence-corrected chi connectivity index (χ0v) is 33.6. The molecule has 18 heteroatoms. The first-order chi connectivity index (χ1) is 27.3. The first-order valence-corrected chi connectivity index (χ1v) is 21.3. The molecule has 1 saturated heterocycles. The number of hydrogen-bond donors (Lipinski definition) is 9. The molecule has 0 radical (unpaired) electrons. The normalized spacial score (nSPS) is 24.0.